The molecular weight excluding hydrogens is 820 g/mol. The van der Waals surface area contributed by atoms with Gasteiger partial charge >= 0.3 is 12.1 Å². The zero-order valence-electron chi connectivity index (χ0n) is 31.9. The Bertz CT molecular complexity index is 2070. The van der Waals surface area contributed by atoms with Gasteiger partial charge in [-0.3, -0.25) is 14.4 Å². The van der Waals surface area contributed by atoms with Crippen molar-refractivity contribution < 1.29 is 43.3 Å². The van der Waals surface area contributed by atoms with Crippen molar-refractivity contribution in [2.75, 3.05) is 19.0 Å². The number of anilines is 1. The Labute approximate surface area is 342 Å². The standard InChI is InChI=1S/C40H47BrN6O9S/c1-3-32(48)45-38-43-28(21-57-38)27-18-31(25-15-16-30(54-2)33(41)34(25)42-27)55-24-17-29-35(49)46-40(37(51)52)19-22(40)11-7-5-4-6-8-14-26(36(50)47(29)20-24)44-39(53)56-23-12-9-10-13-23/h7,11,15-16,18,21-24,26,29H,3-6,8-10,12-14,17,19-20H2,1-2H3,(H,44,53)(H,46,49)(H,51,52)(H,43,45,48)/b11-7-/t22-,24+,26-,29-,40+/m0/s1. The maximum atomic E-state index is 14.6. The number of alkyl carbamates (subject to hydrolysis) is 1. The van der Waals surface area contributed by atoms with Crippen molar-refractivity contribution in [2.24, 2.45) is 5.92 Å². The number of nitrogens with zero attached hydrogens (tertiary/aromatic N) is 3. The molecule has 15 nitrogen and oxygen atoms in total. The number of thiazole rings is 1. The highest BCUT2D eigenvalue weighted by molar-refractivity contribution is 9.10. The summed E-state index contributed by atoms with van der Waals surface area (Å²) in [5.74, 6) is -1.82. The normalized spacial score (nSPS) is 26.0. The Morgan fingerprint density at radius 3 is 2.60 bits per heavy atom. The predicted octanol–water partition coefficient (Wildman–Crippen LogP) is 6.34. The Morgan fingerprint density at radius 1 is 1.05 bits per heavy atom. The van der Waals surface area contributed by atoms with E-state index in [1.807, 2.05) is 12.2 Å². The molecule has 7 rings (SSSR count). The number of carbonyl (C=O) groups excluding carboxylic acids is 4. The third kappa shape index (κ3) is 8.88. The molecule has 0 radical (unpaired) electrons. The number of fused-ring (bicyclic) bond motifs is 3. The molecule has 2 aliphatic heterocycles. The number of aromatic nitrogens is 2. The quantitative estimate of drug-likeness (QED) is 0.175. The fourth-order valence-corrected chi connectivity index (χ4v) is 9.23. The summed E-state index contributed by atoms with van der Waals surface area (Å²) in [6.07, 6.45) is 9.63. The number of amides is 4. The number of nitrogens with one attached hydrogen (secondary N) is 3. The predicted molar refractivity (Wildman–Crippen MR) is 215 cm³/mol. The number of methoxy groups -OCH3 is 1. The number of ether oxygens (including phenoxy) is 3. The Morgan fingerprint density at radius 2 is 1.84 bits per heavy atom. The molecule has 17 heteroatoms. The average Bonchev–Trinajstić information content (AvgIpc) is 3.62. The first-order chi connectivity index (χ1) is 27.5. The number of halogens is 1. The summed E-state index contributed by atoms with van der Waals surface area (Å²) in [5, 5.41) is 21.5. The number of carboxylic acids is 1. The molecule has 4 aliphatic rings. The summed E-state index contributed by atoms with van der Waals surface area (Å²) in [4.78, 5) is 77.5. The van der Waals surface area contributed by atoms with E-state index in [1.165, 1.54) is 16.2 Å². The maximum Gasteiger partial charge on any atom is 0.408 e. The fraction of sp³-hybridized carbons (Fsp3) is 0.525. The molecule has 0 spiro atoms. The smallest absolute Gasteiger partial charge is 0.408 e. The van der Waals surface area contributed by atoms with Gasteiger partial charge in [-0.2, -0.15) is 0 Å². The number of benzene rings is 1. The van der Waals surface area contributed by atoms with Gasteiger partial charge in [0.2, 0.25) is 17.7 Å². The van der Waals surface area contributed by atoms with Crippen molar-refractivity contribution in [3.63, 3.8) is 0 Å². The van der Waals surface area contributed by atoms with E-state index in [0.29, 0.717) is 62.7 Å². The summed E-state index contributed by atoms with van der Waals surface area (Å²) >= 11 is 4.88. The molecule has 3 aromatic rings. The van der Waals surface area contributed by atoms with Gasteiger partial charge in [0.15, 0.2) is 5.13 Å². The van der Waals surface area contributed by atoms with Gasteiger partial charge in [0.05, 0.1) is 29.3 Å². The van der Waals surface area contributed by atoms with Crippen molar-refractivity contribution in [1.29, 1.82) is 0 Å². The average molecular weight is 868 g/mol. The third-order valence-electron chi connectivity index (χ3n) is 11.2. The monoisotopic (exact) mass is 866 g/mol. The van der Waals surface area contributed by atoms with Gasteiger partial charge in [0.1, 0.15) is 47.0 Å². The third-order valence-corrected chi connectivity index (χ3v) is 12.7. The summed E-state index contributed by atoms with van der Waals surface area (Å²) < 4.78 is 18.5. The Balaban J connectivity index is 1.22. The van der Waals surface area contributed by atoms with E-state index in [9.17, 15) is 29.1 Å². The molecule has 304 valence electrons. The highest BCUT2D eigenvalue weighted by atomic mass is 79.9. The first-order valence-corrected chi connectivity index (χ1v) is 21.3. The zero-order chi connectivity index (χ0) is 40.3. The largest absolute Gasteiger partial charge is 0.495 e. The van der Waals surface area contributed by atoms with Gasteiger partial charge in [-0.25, -0.2) is 19.6 Å². The van der Waals surface area contributed by atoms with Crippen LogP contribution in [0.3, 0.4) is 0 Å². The van der Waals surface area contributed by atoms with Gasteiger partial charge in [-0.15, -0.1) is 11.3 Å². The van der Waals surface area contributed by atoms with Gasteiger partial charge in [-0.1, -0.05) is 31.9 Å². The van der Waals surface area contributed by atoms with Crippen LogP contribution in [-0.2, 0) is 23.9 Å². The summed E-state index contributed by atoms with van der Waals surface area (Å²) in [7, 11) is 1.54. The van der Waals surface area contributed by atoms with Crippen LogP contribution in [-0.4, -0.2) is 93.2 Å². The van der Waals surface area contributed by atoms with Crippen molar-refractivity contribution in [3.8, 4) is 22.9 Å². The molecule has 2 saturated carbocycles. The second-order valence-electron chi connectivity index (χ2n) is 15.1. The molecular formula is C40H47BrN6O9S. The molecule has 4 heterocycles. The van der Waals surface area contributed by atoms with Crippen molar-refractivity contribution >= 4 is 73.1 Å². The number of allylic oxidation sites excluding steroid dienone is 1. The SMILES string of the molecule is CCC(=O)Nc1nc(-c2cc(O[C@@H]3C[C@H]4C(=O)N[C@]5(C(=O)O)C[C@@H]5/C=C\CCCCC[C@H](NC(=O)OC5CCCC5)C(=O)N4C3)c3ccc(OC)c(Br)c3n2)cs1. The van der Waals surface area contributed by atoms with Crippen molar-refractivity contribution in [3.05, 3.63) is 40.2 Å². The summed E-state index contributed by atoms with van der Waals surface area (Å²) in [5.41, 5.74) is -0.0270. The second kappa shape index (κ2) is 17.4. The van der Waals surface area contributed by atoms with E-state index >= 15 is 0 Å². The van der Waals surface area contributed by atoms with Crippen LogP contribution in [0, 0.1) is 5.92 Å². The van der Waals surface area contributed by atoms with Crippen LogP contribution in [0.15, 0.2) is 40.2 Å². The van der Waals surface area contributed by atoms with Crippen LogP contribution < -0.4 is 25.4 Å². The van der Waals surface area contributed by atoms with Gasteiger partial charge in [-0.05, 0) is 79.4 Å². The van der Waals surface area contributed by atoms with E-state index in [-0.39, 0.29) is 37.3 Å². The molecule has 2 aromatic heterocycles. The minimum atomic E-state index is -1.48. The van der Waals surface area contributed by atoms with E-state index in [4.69, 9.17) is 19.2 Å². The molecule has 4 amide bonds. The maximum absolute atomic E-state index is 14.6. The first kappa shape index (κ1) is 40.4. The Hall–Kier alpha value is -4.77. The molecule has 57 heavy (non-hydrogen) atoms. The van der Waals surface area contributed by atoms with Crippen LogP contribution in [0.1, 0.15) is 84.0 Å². The molecule has 1 saturated heterocycles. The molecule has 3 fully saturated rings. The van der Waals surface area contributed by atoms with E-state index in [0.717, 1.165) is 44.9 Å². The lowest BCUT2D eigenvalue weighted by atomic mass is 10.0. The minimum Gasteiger partial charge on any atom is -0.495 e. The van der Waals surface area contributed by atoms with Crippen molar-refractivity contribution in [1.82, 2.24) is 25.5 Å². The number of carbonyl (C=O) groups is 5. The van der Waals surface area contributed by atoms with Crippen LogP contribution in [0.5, 0.6) is 11.5 Å². The minimum absolute atomic E-state index is 0.0173. The van der Waals surface area contributed by atoms with Gasteiger partial charge in [0.25, 0.3) is 0 Å². The van der Waals surface area contributed by atoms with Gasteiger partial charge < -0.3 is 40.2 Å². The molecule has 4 N–H and O–H groups in total. The number of hydrogen-bond donors (Lipinski definition) is 4. The lowest BCUT2D eigenvalue weighted by Gasteiger charge is -2.29. The van der Waals surface area contributed by atoms with Gasteiger partial charge in [0, 0.05) is 35.6 Å². The van der Waals surface area contributed by atoms with E-state index in [1.54, 1.807) is 37.6 Å². The highest BCUT2D eigenvalue weighted by Gasteiger charge is 2.61. The molecule has 5 atom stereocenters. The lowest BCUT2D eigenvalue weighted by Crippen LogP contribution is -2.56. The highest BCUT2D eigenvalue weighted by Crippen LogP contribution is 2.46. The van der Waals surface area contributed by atoms with E-state index < -0.39 is 47.6 Å². The zero-order valence-corrected chi connectivity index (χ0v) is 34.3. The molecule has 0 unspecified atom stereocenters. The Kier molecular flexibility index (Phi) is 12.3. The summed E-state index contributed by atoms with van der Waals surface area (Å²) in [6.45, 7) is 1.73. The molecule has 2 aliphatic carbocycles. The molecule has 1 aromatic carbocycles. The second-order valence-corrected chi connectivity index (χ2v) is 16.7. The van der Waals surface area contributed by atoms with Crippen LogP contribution >= 0.6 is 27.3 Å². The number of carboxylic acid groups (broad SMARTS) is 1. The van der Waals surface area contributed by atoms with Crippen LogP contribution in [0.2, 0.25) is 0 Å². The molecule has 0 bridgehead atoms. The summed E-state index contributed by atoms with van der Waals surface area (Å²) in [6, 6.07) is 3.23. The topological polar surface area (TPSA) is 198 Å². The van der Waals surface area contributed by atoms with Crippen LogP contribution in [0.4, 0.5) is 9.93 Å². The van der Waals surface area contributed by atoms with E-state index in [2.05, 4.69) is 36.9 Å². The lowest BCUT2D eigenvalue weighted by molar-refractivity contribution is -0.145. The number of rotatable bonds is 9. The van der Waals surface area contributed by atoms with Crippen molar-refractivity contribution in [2.45, 2.75) is 114 Å². The number of hydrogen-bond acceptors (Lipinski definition) is 11. The first-order valence-electron chi connectivity index (χ1n) is 19.6. The van der Waals surface area contributed by atoms with Crippen LogP contribution in [0.25, 0.3) is 22.3 Å². The number of pyridine rings is 1. The number of aliphatic carboxylic acids is 1. The fourth-order valence-electron chi connectivity index (χ4n) is 7.91.